The van der Waals surface area contributed by atoms with Crippen molar-refractivity contribution in [3.8, 4) is 11.3 Å². The van der Waals surface area contributed by atoms with Crippen LogP contribution >= 0.6 is 0 Å². The van der Waals surface area contributed by atoms with Gasteiger partial charge < -0.3 is 9.40 Å². The van der Waals surface area contributed by atoms with Crippen molar-refractivity contribution in [1.82, 2.24) is 9.97 Å². The summed E-state index contributed by atoms with van der Waals surface area (Å²) in [7, 11) is 0. The molecule has 32 heavy (non-hydrogen) atoms. The van der Waals surface area contributed by atoms with Crippen LogP contribution in [0.2, 0.25) is 0 Å². The number of rotatable bonds is 1. The van der Waals surface area contributed by atoms with Gasteiger partial charge in [-0.2, -0.15) is 0 Å². The van der Waals surface area contributed by atoms with Crippen molar-refractivity contribution in [1.29, 1.82) is 0 Å². The summed E-state index contributed by atoms with van der Waals surface area (Å²) < 4.78 is 5.22. The van der Waals surface area contributed by atoms with Crippen molar-refractivity contribution in [3.05, 3.63) is 120 Å². The Bertz CT molecular complexity index is 1510. The fraction of sp³-hybridized carbons (Fsp3) is 0. The number of benzene rings is 3. The SMILES string of the molecule is O=c1oc2ccccc2[c-]c1-c1ccccn1.[Pt+2].[c-]1cccc2ccc3cccnc3c12. The summed E-state index contributed by atoms with van der Waals surface area (Å²) in [6.07, 6.45) is 3.46. The van der Waals surface area contributed by atoms with Crippen LogP contribution in [0.3, 0.4) is 0 Å². The number of hydrogen-bond acceptors (Lipinski definition) is 4. The second-order valence-electron chi connectivity index (χ2n) is 6.88. The maximum Gasteiger partial charge on any atom is 2.00 e. The van der Waals surface area contributed by atoms with Crippen LogP contribution in [0.1, 0.15) is 0 Å². The van der Waals surface area contributed by atoms with Gasteiger partial charge >= 0.3 is 21.1 Å². The molecule has 0 radical (unpaired) electrons. The third-order valence-corrected chi connectivity index (χ3v) is 4.88. The largest absolute Gasteiger partial charge is 2.00 e. The Labute approximate surface area is 198 Å². The molecule has 0 amide bonds. The Morgan fingerprint density at radius 3 is 2.41 bits per heavy atom. The molecule has 4 nitrogen and oxygen atoms in total. The zero-order chi connectivity index (χ0) is 21.0. The summed E-state index contributed by atoms with van der Waals surface area (Å²) in [5.41, 5.74) is 2.10. The maximum absolute atomic E-state index is 11.8. The van der Waals surface area contributed by atoms with Gasteiger partial charge in [0.25, 0.3) is 5.63 Å². The molecule has 0 aliphatic carbocycles. The molecular weight excluding hydrogens is 579 g/mol. The third kappa shape index (κ3) is 4.37. The predicted octanol–water partition coefficient (Wildman–Crippen LogP) is 5.84. The molecule has 0 atom stereocenters. The molecule has 5 heteroatoms. The number of nitrogens with zero attached hydrogens (tertiary/aromatic N) is 2. The molecular formula is C27H16N2O2Pt. The van der Waals surface area contributed by atoms with Crippen molar-refractivity contribution in [2.75, 3.05) is 0 Å². The zero-order valence-electron chi connectivity index (χ0n) is 16.8. The van der Waals surface area contributed by atoms with Gasteiger partial charge in [0.05, 0.1) is 5.58 Å². The van der Waals surface area contributed by atoms with Crippen molar-refractivity contribution in [2.45, 2.75) is 0 Å². The first-order valence-corrected chi connectivity index (χ1v) is 9.80. The first-order valence-electron chi connectivity index (χ1n) is 9.80. The van der Waals surface area contributed by atoms with E-state index in [9.17, 15) is 4.79 Å². The van der Waals surface area contributed by atoms with E-state index < -0.39 is 5.63 Å². The molecule has 0 fully saturated rings. The van der Waals surface area contributed by atoms with E-state index in [1.807, 2.05) is 48.7 Å². The number of aromatic nitrogens is 2. The molecule has 0 bridgehead atoms. The Balaban J connectivity index is 0.000000151. The Morgan fingerprint density at radius 2 is 1.53 bits per heavy atom. The van der Waals surface area contributed by atoms with E-state index in [4.69, 9.17) is 4.42 Å². The van der Waals surface area contributed by atoms with Crippen molar-refractivity contribution < 1.29 is 25.5 Å². The third-order valence-electron chi connectivity index (χ3n) is 4.88. The van der Waals surface area contributed by atoms with Gasteiger partial charge in [-0.1, -0.05) is 53.9 Å². The number of pyridine rings is 2. The molecule has 156 valence electrons. The van der Waals surface area contributed by atoms with Crippen LogP contribution in [-0.4, -0.2) is 9.97 Å². The van der Waals surface area contributed by atoms with E-state index >= 15 is 0 Å². The molecule has 0 aliphatic rings. The number of hydrogen-bond donors (Lipinski definition) is 0. The molecule has 0 spiro atoms. The van der Waals surface area contributed by atoms with Crippen LogP contribution < -0.4 is 5.63 Å². The molecule has 0 saturated carbocycles. The van der Waals surface area contributed by atoms with Crippen LogP contribution in [-0.2, 0) is 21.1 Å². The van der Waals surface area contributed by atoms with E-state index in [0.717, 1.165) is 16.3 Å². The second kappa shape index (κ2) is 9.67. The Kier molecular flexibility index (Phi) is 6.53. The predicted molar refractivity (Wildman–Crippen MR) is 123 cm³/mol. The smallest absolute Gasteiger partial charge is 0.496 e. The van der Waals surface area contributed by atoms with E-state index in [1.54, 1.807) is 24.4 Å². The zero-order valence-corrected chi connectivity index (χ0v) is 19.0. The molecule has 0 unspecified atom stereocenters. The fourth-order valence-electron chi connectivity index (χ4n) is 3.41. The molecule has 3 aromatic heterocycles. The van der Waals surface area contributed by atoms with E-state index in [0.29, 0.717) is 16.8 Å². The van der Waals surface area contributed by atoms with Gasteiger partial charge in [0.1, 0.15) is 0 Å². The van der Waals surface area contributed by atoms with Crippen LogP contribution in [0.25, 0.3) is 43.9 Å². The van der Waals surface area contributed by atoms with Crippen molar-refractivity contribution >= 4 is 32.6 Å². The minimum Gasteiger partial charge on any atom is -0.496 e. The molecule has 6 rings (SSSR count). The molecule has 6 aromatic rings. The monoisotopic (exact) mass is 595 g/mol. The summed E-state index contributed by atoms with van der Waals surface area (Å²) in [6.45, 7) is 0. The summed E-state index contributed by atoms with van der Waals surface area (Å²) >= 11 is 0. The Morgan fingerprint density at radius 1 is 0.750 bits per heavy atom. The molecule has 0 aliphatic heterocycles. The summed E-state index contributed by atoms with van der Waals surface area (Å²) in [4.78, 5) is 20.3. The molecule has 0 saturated heterocycles. The summed E-state index contributed by atoms with van der Waals surface area (Å²) in [5, 5.41) is 4.24. The number of fused-ring (bicyclic) bond motifs is 4. The minimum absolute atomic E-state index is 0. The van der Waals surface area contributed by atoms with Crippen LogP contribution in [0.4, 0.5) is 0 Å². The van der Waals surface area contributed by atoms with E-state index in [1.165, 1.54) is 10.8 Å². The number of para-hydroxylation sites is 1. The minimum atomic E-state index is -0.414. The van der Waals surface area contributed by atoms with Crippen molar-refractivity contribution in [2.24, 2.45) is 0 Å². The van der Waals surface area contributed by atoms with Gasteiger partial charge in [-0.3, -0.25) is 9.78 Å². The van der Waals surface area contributed by atoms with Crippen LogP contribution in [0.15, 0.2) is 107 Å². The molecule has 3 aromatic carbocycles. The van der Waals surface area contributed by atoms with Gasteiger partial charge in [0.2, 0.25) is 0 Å². The maximum atomic E-state index is 11.8. The summed E-state index contributed by atoms with van der Waals surface area (Å²) in [6, 6.07) is 33.2. The van der Waals surface area contributed by atoms with E-state index in [2.05, 4.69) is 46.4 Å². The van der Waals surface area contributed by atoms with Gasteiger partial charge in [-0.15, -0.1) is 47.2 Å². The average Bonchev–Trinajstić information content (AvgIpc) is 2.84. The fourth-order valence-corrected chi connectivity index (χ4v) is 3.41. The first-order chi connectivity index (χ1) is 15.3. The molecule has 3 heterocycles. The van der Waals surface area contributed by atoms with Crippen LogP contribution in [0, 0.1) is 12.1 Å². The topological polar surface area (TPSA) is 56.0 Å². The quantitative estimate of drug-likeness (QED) is 0.136. The first kappa shape index (κ1) is 21.6. The van der Waals surface area contributed by atoms with Gasteiger partial charge in [0, 0.05) is 18.1 Å². The Hall–Kier alpha value is -3.62. The van der Waals surface area contributed by atoms with Gasteiger partial charge in [0.15, 0.2) is 0 Å². The average molecular weight is 596 g/mol. The van der Waals surface area contributed by atoms with Gasteiger partial charge in [-0.25, -0.2) is 0 Å². The van der Waals surface area contributed by atoms with Crippen LogP contribution in [0.5, 0.6) is 0 Å². The van der Waals surface area contributed by atoms with Crippen molar-refractivity contribution in [3.63, 3.8) is 0 Å². The standard InChI is InChI=1S/C14H8NO2.C13H8N.Pt/c16-14-11(12-6-3-4-8-15-12)9-10-5-1-2-7-13(10)17-14;1-2-6-12-10(4-1)7-8-11-5-3-9-14-13(11)12;/h1-8H;1-5,7-9H;/q2*-1;+2. The van der Waals surface area contributed by atoms with Gasteiger partial charge in [-0.05, 0) is 28.6 Å². The van der Waals surface area contributed by atoms with E-state index in [-0.39, 0.29) is 21.1 Å². The molecule has 0 N–H and O–H groups in total. The summed E-state index contributed by atoms with van der Waals surface area (Å²) in [5.74, 6) is 0. The second-order valence-corrected chi connectivity index (χ2v) is 6.88. The normalized spacial score (nSPS) is 10.4.